The standard InChI is InChI=1S/C21H25NO4S/c1-2-26-19-10-7-13-22(15-19)21(23)18-9-6-8-17(14-18)16-27(24,25)20-11-4-3-5-12-20/h3-6,8-9,11-12,14,19H,2,7,10,13,15-16H2,1H3. The number of rotatable bonds is 6. The summed E-state index contributed by atoms with van der Waals surface area (Å²) in [6, 6.07) is 15.3. The van der Waals surface area contributed by atoms with Gasteiger partial charge in [-0.25, -0.2) is 8.42 Å². The van der Waals surface area contributed by atoms with Crippen molar-refractivity contribution in [2.75, 3.05) is 19.7 Å². The van der Waals surface area contributed by atoms with E-state index in [1.54, 1.807) is 59.5 Å². The van der Waals surface area contributed by atoms with Crippen molar-refractivity contribution in [3.05, 3.63) is 65.7 Å². The molecule has 1 aliphatic heterocycles. The molecule has 6 heteroatoms. The Labute approximate surface area is 160 Å². The van der Waals surface area contributed by atoms with Crippen LogP contribution in [0, 0.1) is 0 Å². The molecule has 144 valence electrons. The van der Waals surface area contributed by atoms with Gasteiger partial charge < -0.3 is 9.64 Å². The van der Waals surface area contributed by atoms with Crippen molar-refractivity contribution in [1.29, 1.82) is 0 Å². The minimum atomic E-state index is -3.44. The Morgan fingerprint density at radius 1 is 1.15 bits per heavy atom. The summed E-state index contributed by atoms with van der Waals surface area (Å²) < 4.78 is 30.8. The van der Waals surface area contributed by atoms with Crippen LogP contribution in [-0.2, 0) is 20.3 Å². The summed E-state index contributed by atoms with van der Waals surface area (Å²) in [5.74, 6) is -0.196. The molecule has 27 heavy (non-hydrogen) atoms. The van der Waals surface area contributed by atoms with Crippen LogP contribution in [0.5, 0.6) is 0 Å². The number of carbonyl (C=O) groups is 1. The van der Waals surface area contributed by atoms with Crippen LogP contribution in [0.4, 0.5) is 0 Å². The number of benzene rings is 2. The Morgan fingerprint density at radius 2 is 1.93 bits per heavy atom. The highest BCUT2D eigenvalue weighted by Crippen LogP contribution is 2.20. The van der Waals surface area contributed by atoms with E-state index in [4.69, 9.17) is 4.74 Å². The van der Waals surface area contributed by atoms with Crippen molar-refractivity contribution >= 4 is 15.7 Å². The van der Waals surface area contributed by atoms with E-state index in [0.717, 1.165) is 12.8 Å². The zero-order valence-corrected chi connectivity index (χ0v) is 16.3. The molecule has 0 N–H and O–H groups in total. The number of piperidine rings is 1. The first-order valence-corrected chi connectivity index (χ1v) is 10.9. The zero-order valence-electron chi connectivity index (χ0n) is 15.5. The van der Waals surface area contributed by atoms with E-state index >= 15 is 0 Å². The molecule has 2 aromatic carbocycles. The van der Waals surface area contributed by atoms with Crippen molar-refractivity contribution in [1.82, 2.24) is 4.90 Å². The second kappa shape index (κ2) is 8.67. The topological polar surface area (TPSA) is 63.7 Å². The first-order valence-electron chi connectivity index (χ1n) is 9.27. The largest absolute Gasteiger partial charge is 0.377 e. The molecule has 0 aliphatic carbocycles. The molecule has 1 heterocycles. The van der Waals surface area contributed by atoms with E-state index in [1.165, 1.54) is 0 Å². The lowest BCUT2D eigenvalue weighted by Crippen LogP contribution is -2.43. The third-order valence-electron chi connectivity index (χ3n) is 4.70. The lowest BCUT2D eigenvalue weighted by atomic mass is 10.1. The van der Waals surface area contributed by atoms with Gasteiger partial charge in [0.25, 0.3) is 5.91 Å². The molecule has 3 rings (SSSR count). The fourth-order valence-electron chi connectivity index (χ4n) is 3.40. The van der Waals surface area contributed by atoms with Gasteiger partial charge in [0.2, 0.25) is 0 Å². The monoisotopic (exact) mass is 387 g/mol. The van der Waals surface area contributed by atoms with E-state index in [-0.39, 0.29) is 22.7 Å². The minimum Gasteiger partial charge on any atom is -0.377 e. The van der Waals surface area contributed by atoms with Gasteiger partial charge in [-0.1, -0.05) is 30.3 Å². The Hall–Kier alpha value is -2.18. The first kappa shape index (κ1) is 19.6. The average molecular weight is 388 g/mol. The summed E-state index contributed by atoms with van der Waals surface area (Å²) in [5, 5.41) is 0. The van der Waals surface area contributed by atoms with Crippen LogP contribution in [0.25, 0.3) is 0 Å². The molecule has 1 amide bonds. The normalized spacial score (nSPS) is 17.7. The van der Waals surface area contributed by atoms with Gasteiger partial charge in [-0.2, -0.15) is 0 Å². The number of hydrogen-bond donors (Lipinski definition) is 0. The lowest BCUT2D eigenvalue weighted by Gasteiger charge is -2.32. The minimum absolute atomic E-state index is 0.0710. The fourth-order valence-corrected chi connectivity index (χ4v) is 4.76. The molecular formula is C21H25NO4S. The van der Waals surface area contributed by atoms with Crippen molar-refractivity contribution in [3.63, 3.8) is 0 Å². The summed E-state index contributed by atoms with van der Waals surface area (Å²) in [4.78, 5) is 14.9. The van der Waals surface area contributed by atoms with Gasteiger partial charge in [0.1, 0.15) is 0 Å². The van der Waals surface area contributed by atoms with Gasteiger partial charge in [-0.05, 0) is 49.6 Å². The van der Waals surface area contributed by atoms with Crippen molar-refractivity contribution in [2.45, 2.75) is 36.5 Å². The highest BCUT2D eigenvalue weighted by Gasteiger charge is 2.25. The summed E-state index contributed by atoms with van der Waals surface area (Å²) in [7, 11) is -3.44. The summed E-state index contributed by atoms with van der Waals surface area (Å²) >= 11 is 0. The molecule has 1 fully saturated rings. The predicted octanol–water partition coefficient (Wildman–Crippen LogP) is 3.30. The van der Waals surface area contributed by atoms with E-state index in [0.29, 0.717) is 30.8 Å². The number of sulfone groups is 1. The van der Waals surface area contributed by atoms with Crippen LogP contribution in [0.1, 0.15) is 35.7 Å². The summed E-state index contributed by atoms with van der Waals surface area (Å²) in [5.41, 5.74) is 1.14. The quantitative estimate of drug-likeness (QED) is 0.763. The number of hydrogen-bond acceptors (Lipinski definition) is 4. The van der Waals surface area contributed by atoms with E-state index in [9.17, 15) is 13.2 Å². The molecule has 0 spiro atoms. The number of nitrogens with zero attached hydrogens (tertiary/aromatic N) is 1. The van der Waals surface area contributed by atoms with Crippen LogP contribution in [0.2, 0.25) is 0 Å². The molecule has 5 nitrogen and oxygen atoms in total. The molecule has 0 saturated carbocycles. The third-order valence-corrected chi connectivity index (χ3v) is 6.40. The van der Waals surface area contributed by atoms with Gasteiger partial charge >= 0.3 is 0 Å². The van der Waals surface area contributed by atoms with Gasteiger partial charge in [-0.15, -0.1) is 0 Å². The smallest absolute Gasteiger partial charge is 0.253 e. The molecular weight excluding hydrogens is 362 g/mol. The van der Waals surface area contributed by atoms with Crippen LogP contribution in [0.15, 0.2) is 59.5 Å². The molecule has 2 aromatic rings. The van der Waals surface area contributed by atoms with Crippen molar-refractivity contribution in [3.8, 4) is 0 Å². The van der Waals surface area contributed by atoms with Crippen LogP contribution < -0.4 is 0 Å². The summed E-state index contributed by atoms with van der Waals surface area (Å²) in [6.07, 6.45) is 1.96. The highest BCUT2D eigenvalue weighted by atomic mass is 32.2. The lowest BCUT2D eigenvalue weighted by molar-refractivity contribution is 0.00724. The van der Waals surface area contributed by atoms with Gasteiger partial charge in [-0.3, -0.25) is 4.79 Å². The fraction of sp³-hybridized carbons (Fsp3) is 0.381. The third kappa shape index (κ3) is 4.96. The Bertz CT molecular complexity index is 878. The SMILES string of the molecule is CCOC1CCCN(C(=O)c2cccc(CS(=O)(=O)c3ccccc3)c2)C1. The number of amides is 1. The highest BCUT2D eigenvalue weighted by molar-refractivity contribution is 7.90. The van der Waals surface area contributed by atoms with Gasteiger partial charge in [0.15, 0.2) is 9.84 Å². The molecule has 0 radical (unpaired) electrons. The second-order valence-electron chi connectivity index (χ2n) is 6.74. The van der Waals surface area contributed by atoms with Crippen LogP contribution in [-0.4, -0.2) is 45.0 Å². The molecule has 0 bridgehead atoms. The maximum Gasteiger partial charge on any atom is 0.253 e. The zero-order chi connectivity index (χ0) is 19.3. The first-order chi connectivity index (χ1) is 13.0. The molecule has 0 aromatic heterocycles. The maximum atomic E-state index is 12.9. The van der Waals surface area contributed by atoms with E-state index in [1.807, 2.05) is 6.92 Å². The Kier molecular flexibility index (Phi) is 6.29. The summed E-state index contributed by atoms with van der Waals surface area (Å²) in [6.45, 7) is 3.88. The van der Waals surface area contributed by atoms with E-state index < -0.39 is 9.84 Å². The molecule has 1 atom stereocenters. The number of ether oxygens (including phenoxy) is 1. The molecule has 1 unspecified atom stereocenters. The number of likely N-dealkylation sites (tertiary alicyclic amines) is 1. The molecule has 1 saturated heterocycles. The number of carbonyl (C=O) groups excluding carboxylic acids is 1. The Morgan fingerprint density at radius 3 is 2.67 bits per heavy atom. The van der Waals surface area contributed by atoms with Gasteiger partial charge in [0.05, 0.1) is 16.8 Å². The Balaban J connectivity index is 1.74. The van der Waals surface area contributed by atoms with Gasteiger partial charge in [0, 0.05) is 25.3 Å². The molecule has 1 aliphatic rings. The predicted molar refractivity (Wildman–Crippen MR) is 104 cm³/mol. The second-order valence-corrected chi connectivity index (χ2v) is 8.73. The van der Waals surface area contributed by atoms with Crippen molar-refractivity contribution < 1.29 is 17.9 Å². The average Bonchev–Trinajstić information content (AvgIpc) is 2.68. The van der Waals surface area contributed by atoms with E-state index in [2.05, 4.69) is 0 Å². The van der Waals surface area contributed by atoms with Crippen LogP contribution >= 0.6 is 0 Å². The van der Waals surface area contributed by atoms with Crippen LogP contribution in [0.3, 0.4) is 0 Å². The maximum absolute atomic E-state index is 12.9. The van der Waals surface area contributed by atoms with Crippen molar-refractivity contribution in [2.24, 2.45) is 0 Å².